The first-order valence-corrected chi connectivity index (χ1v) is 9.83. The molecule has 3 atom stereocenters. The minimum atomic E-state index is -0.345. The first kappa shape index (κ1) is 18.0. The fraction of sp³-hybridized carbons (Fsp3) is 0.571. The number of hydrogen-bond acceptors (Lipinski definition) is 5. The van der Waals surface area contributed by atoms with Gasteiger partial charge in [0, 0.05) is 23.8 Å². The number of carbonyl (C=O) groups excluding carboxylic acids is 3. The Morgan fingerprint density at radius 2 is 1.85 bits per heavy atom. The molecule has 6 heteroatoms. The molecular formula is C21H25NO5. The Labute approximate surface area is 158 Å². The summed E-state index contributed by atoms with van der Waals surface area (Å²) < 4.78 is 10.9. The zero-order valence-electron chi connectivity index (χ0n) is 15.3. The summed E-state index contributed by atoms with van der Waals surface area (Å²) in [4.78, 5) is 36.8. The van der Waals surface area contributed by atoms with Crippen molar-refractivity contribution in [3.63, 3.8) is 0 Å². The van der Waals surface area contributed by atoms with Gasteiger partial charge in [-0.05, 0) is 31.7 Å². The maximum atomic E-state index is 12.4. The SMILES string of the molecule is O=C(COC(=O)C1CC2CCCC(C1)C2=O)NC1CCOc2ccccc21. The van der Waals surface area contributed by atoms with E-state index in [1.54, 1.807) is 0 Å². The van der Waals surface area contributed by atoms with Crippen LogP contribution in [0.3, 0.4) is 0 Å². The summed E-state index contributed by atoms with van der Waals surface area (Å²) in [6.45, 7) is 0.263. The molecule has 2 aliphatic carbocycles. The highest BCUT2D eigenvalue weighted by Gasteiger charge is 2.41. The van der Waals surface area contributed by atoms with Gasteiger partial charge in [0.1, 0.15) is 11.5 Å². The number of para-hydroxylation sites is 1. The van der Waals surface area contributed by atoms with Gasteiger partial charge in [-0.25, -0.2) is 0 Å². The molecule has 4 rings (SSSR count). The van der Waals surface area contributed by atoms with Gasteiger partial charge in [0.2, 0.25) is 0 Å². The van der Waals surface area contributed by atoms with Crippen LogP contribution in [0.5, 0.6) is 5.75 Å². The van der Waals surface area contributed by atoms with Crippen molar-refractivity contribution in [3.8, 4) is 5.75 Å². The van der Waals surface area contributed by atoms with Gasteiger partial charge < -0.3 is 14.8 Å². The summed E-state index contributed by atoms with van der Waals surface area (Å²) in [6, 6.07) is 7.49. The van der Waals surface area contributed by atoms with Crippen LogP contribution in [0.25, 0.3) is 0 Å². The van der Waals surface area contributed by atoms with Gasteiger partial charge in [0.25, 0.3) is 5.91 Å². The maximum absolute atomic E-state index is 12.4. The van der Waals surface area contributed by atoms with Gasteiger partial charge in [-0.1, -0.05) is 24.6 Å². The number of rotatable bonds is 4. The lowest BCUT2D eigenvalue weighted by atomic mass is 9.67. The van der Waals surface area contributed by atoms with Crippen molar-refractivity contribution < 1.29 is 23.9 Å². The van der Waals surface area contributed by atoms with Gasteiger partial charge in [-0.15, -0.1) is 0 Å². The summed E-state index contributed by atoms with van der Waals surface area (Å²) in [6.07, 6.45) is 4.65. The highest BCUT2D eigenvalue weighted by atomic mass is 16.5. The number of ether oxygens (including phenoxy) is 2. The molecule has 6 nitrogen and oxygen atoms in total. The lowest BCUT2D eigenvalue weighted by Gasteiger charge is -2.36. The molecule has 1 aromatic rings. The molecule has 144 valence electrons. The van der Waals surface area contributed by atoms with E-state index in [1.165, 1.54) is 0 Å². The van der Waals surface area contributed by atoms with Crippen molar-refractivity contribution in [3.05, 3.63) is 29.8 Å². The van der Waals surface area contributed by atoms with Crippen molar-refractivity contribution in [1.29, 1.82) is 0 Å². The van der Waals surface area contributed by atoms with Gasteiger partial charge in [0.05, 0.1) is 18.6 Å². The van der Waals surface area contributed by atoms with E-state index in [0.717, 1.165) is 30.6 Å². The third kappa shape index (κ3) is 3.84. The molecule has 2 fully saturated rings. The van der Waals surface area contributed by atoms with E-state index in [9.17, 15) is 14.4 Å². The standard InChI is InChI=1S/C21H25NO5/c23-19(22-17-8-9-26-18-7-2-1-6-16(17)18)12-27-21(25)15-10-13-4-3-5-14(11-15)20(13)24/h1-2,6-7,13-15,17H,3-5,8-12H2,(H,22,23). The number of nitrogens with one attached hydrogen (secondary N) is 1. The molecule has 1 amide bonds. The largest absolute Gasteiger partial charge is 0.493 e. The molecule has 0 saturated heterocycles. The highest BCUT2D eigenvalue weighted by molar-refractivity contribution is 5.88. The lowest BCUT2D eigenvalue weighted by molar-refractivity contribution is -0.156. The molecule has 0 aromatic heterocycles. The highest BCUT2D eigenvalue weighted by Crippen LogP contribution is 2.40. The Morgan fingerprint density at radius 3 is 2.63 bits per heavy atom. The van der Waals surface area contributed by atoms with E-state index < -0.39 is 0 Å². The molecule has 1 heterocycles. The Morgan fingerprint density at radius 1 is 1.11 bits per heavy atom. The second-order valence-corrected chi connectivity index (χ2v) is 7.80. The molecule has 0 radical (unpaired) electrons. The number of amides is 1. The Hall–Kier alpha value is -2.37. The van der Waals surface area contributed by atoms with Crippen molar-refractivity contribution in [2.45, 2.75) is 44.6 Å². The Balaban J connectivity index is 1.29. The molecule has 2 bridgehead atoms. The van der Waals surface area contributed by atoms with Crippen molar-refractivity contribution in [2.24, 2.45) is 17.8 Å². The van der Waals surface area contributed by atoms with E-state index >= 15 is 0 Å². The summed E-state index contributed by atoms with van der Waals surface area (Å²) in [5.74, 6) is 0.199. The van der Waals surface area contributed by atoms with Crippen LogP contribution in [0.4, 0.5) is 0 Å². The second-order valence-electron chi connectivity index (χ2n) is 7.80. The monoisotopic (exact) mass is 371 g/mol. The number of fused-ring (bicyclic) bond motifs is 3. The molecule has 2 saturated carbocycles. The Bertz CT molecular complexity index is 730. The molecule has 1 aliphatic heterocycles. The van der Waals surface area contributed by atoms with Crippen LogP contribution < -0.4 is 10.1 Å². The lowest BCUT2D eigenvalue weighted by Crippen LogP contribution is -2.40. The fourth-order valence-electron chi connectivity index (χ4n) is 4.65. The smallest absolute Gasteiger partial charge is 0.309 e. The minimum absolute atomic E-state index is 0.00242. The van der Waals surface area contributed by atoms with Crippen LogP contribution in [0.15, 0.2) is 24.3 Å². The summed E-state index contributed by atoms with van der Waals surface area (Å²) in [7, 11) is 0. The van der Waals surface area contributed by atoms with Crippen LogP contribution in [-0.4, -0.2) is 30.9 Å². The van der Waals surface area contributed by atoms with Crippen molar-refractivity contribution in [1.82, 2.24) is 5.32 Å². The van der Waals surface area contributed by atoms with Crippen LogP contribution in [-0.2, 0) is 19.1 Å². The normalized spacial score (nSPS) is 29.3. The number of carbonyl (C=O) groups is 3. The summed E-state index contributed by atoms with van der Waals surface area (Å²) >= 11 is 0. The topological polar surface area (TPSA) is 81.7 Å². The predicted octanol–water partition coefficient (Wildman–Crippen LogP) is 2.57. The van der Waals surface area contributed by atoms with Crippen LogP contribution in [0.1, 0.15) is 50.1 Å². The summed E-state index contributed by atoms with van der Waals surface area (Å²) in [5.41, 5.74) is 0.946. The quantitative estimate of drug-likeness (QED) is 0.823. The number of Topliss-reactive ketones (excluding diaryl/α,β-unsaturated/α-hetero) is 1. The van der Waals surface area contributed by atoms with Gasteiger partial charge in [-0.2, -0.15) is 0 Å². The number of ketones is 1. The minimum Gasteiger partial charge on any atom is -0.493 e. The molecular weight excluding hydrogens is 346 g/mol. The molecule has 3 aliphatic rings. The van der Waals surface area contributed by atoms with Gasteiger partial charge in [0.15, 0.2) is 6.61 Å². The first-order valence-electron chi connectivity index (χ1n) is 9.83. The number of esters is 1. The number of hydrogen-bond donors (Lipinski definition) is 1. The first-order chi connectivity index (χ1) is 13.1. The van der Waals surface area contributed by atoms with E-state index in [2.05, 4.69) is 5.32 Å². The van der Waals surface area contributed by atoms with Gasteiger partial charge in [-0.3, -0.25) is 14.4 Å². The fourth-order valence-corrected chi connectivity index (χ4v) is 4.65. The average Bonchev–Trinajstić information content (AvgIpc) is 2.66. The van der Waals surface area contributed by atoms with Gasteiger partial charge >= 0.3 is 5.97 Å². The summed E-state index contributed by atoms with van der Waals surface area (Å²) in [5, 5.41) is 2.93. The Kier molecular flexibility index (Phi) is 5.14. The molecule has 1 aromatic carbocycles. The molecule has 1 N–H and O–H groups in total. The van der Waals surface area contributed by atoms with Crippen molar-refractivity contribution in [2.75, 3.05) is 13.2 Å². The maximum Gasteiger partial charge on any atom is 0.309 e. The van der Waals surface area contributed by atoms with E-state index in [4.69, 9.17) is 9.47 Å². The zero-order valence-corrected chi connectivity index (χ0v) is 15.3. The third-order valence-electron chi connectivity index (χ3n) is 6.02. The van der Waals surface area contributed by atoms with E-state index in [1.807, 2.05) is 24.3 Å². The van der Waals surface area contributed by atoms with E-state index in [0.29, 0.717) is 31.7 Å². The van der Waals surface area contributed by atoms with Crippen LogP contribution >= 0.6 is 0 Å². The molecule has 0 spiro atoms. The van der Waals surface area contributed by atoms with Crippen molar-refractivity contribution >= 4 is 17.7 Å². The van der Waals surface area contributed by atoms with Crippen LogP contribution in [0.2, 0.25) is 0 Å². The number of benzene rings is 1. The second kappa shape index (κ2) is 7.71. The predicted molar refractivity (Wildman–Crippen MR) is 97.0 cm³/mol. The average molecular weight is 371 g/mol. The zero-order chi connectivity index (χ0) is 18.8. The van der Waals surface area contributed by atoms with Crippen LogP contribution in [0, 0.1) is 17.8 Å². The third-order valence-corrected chi connectivity index (χ3v) is 6.02. The van der Waals surface area contributed by atoms with E-state index in [-0.39, 0.29) is 42.3 Å². The molecule has 3 unspecified atom stereocenters. The molecule has 27 heavy (non-hydrogen) atoms.